The summed E-state index contributed by atoms with van der Waals surface area (Å²) in [5.74, 6) is -1.56. The molecule has 0 aliphatic rings. The van der Waals surface area contributed by atoms with Crippen LogP contribution in [0.15, 0.2) is 21.4 Å². The molecule has 0 spiro atoms. The van der Waals surface area contributed by atoms with Crippen molar-refractivity contribution >= 4 is 32.8 Å². The highest BCUT2D eigenvalue weighted by Crippen LogP contribution is 2.35. The molecule has 1 N–H and O–H groups in total. The summed E-state index contributed by atoms with van der Waals surface area (Å²) >= 11 is 2.91. The van der Waals surface area contributed by atoms with Gasteiger partial charge in [0.1, 0.15) is 0 Å². The van der Waals surface area contributed by atoms with Crippen molar-refractivity contribution in [3.63, 3.8) is 0 Å². The number of aromatic nitrogens is 2. The lowest BCUT2D eigenvalue weighted by molar-refractivity contribution is -0.136. The lowest BCUT2D eigenvalue weighted by Crippen LogP contribution is -2.20. The van der Waals surface area contributed by atoms with E-state index in [4.69, 9.17) is 0 Å². The highest BCUT2D eigenvalue weighted by Gasteiger charge is 2.34. The average Bonchev–Trinajstić information content (AvgIpc) is 2.37. The molecule has 0 saturated carbocycles. The number of esters is 1. The monoisotopic (exact) mass is 364 g/mol. The van der Waals surface area contributed by atoms with Gasteiger partial charge in [0.05, 0.1) is 23.1 Å². The molecule has 2 aromatic rings. The van der Waals surface area contributed by atoms with Crippen LogP contribution in [-0.2, 0) is 10.9 Å². The first-order valence-corrected chi connectivity index (χ1v) is 6.51. The van der Waals surface area contributed by atoms with Crippen molar-refractivity contribution in [1.29, 1.82) is 0 Å². The van der Waals surface area contributed by atoms with Crippen LogP contribution in [0.3, 0.4) is 0 Å². The van der Waals surface area contributed by atoms with Crippen molar-refractivity contribution in [2.75, 3.05) is 6.61 Å². The van der Waals surface area contributed by atoms with Crippen LogP contribution in [0.2, 0.25) is 0 Å². The van der Waals surface area contributed by atoms with Crippen LogP contribution in [0, 0.1) is 0 Å². The second-order valence-electron chi connectivity index (χ2n) is 3.98. The number of nitrogens with zero attached hydrogens (tertiary/aromatic N) is 1. The summed E-state index contributed by atoms with van der Waals surface area (Å²) in [6.45, 7) is 1.53. The number of halogens is 4. The van der Waals surface area contributed by atoms with Gasteiger partial charge in [-0.15, -0.1) is 0 Å². The lowest BCUT2D eigenvalue weighted by atomic mass is 10.1. The maximum atomic E-state index is 13.0. The van der Waals surface area contributed by atoms with Gasteiger partial charge in [-0.25, -0.2) is 9.78 Å². The van der Waals surface area contributed by atoms with E-state index in [9.17, 15) is 22.8 Å². The molecule has 9 heteroatoms. The molecule has 21 heavy (non-hydrogen) atoms. The predicted molar refractivity (Wildman–Crippen MR) is 71.0 cm³/mol. The first-order chi connectivity index (χ1) is 9.74. The Kier molecular flexibility index (Phi) is 4.04. The van der Waals surface area contributed by atoms with Gasteiger partial charge in [-0.2, -0.15) is 13.2 Å². The Morgan fingerprint density at radius 1 is 1.43 bits per heavy atom. The number of benzene rings is 1. The van der Waals surface area contributed by atoms with Crippen LogP contribution >= 0.6 is 15.9 Å². The van der Waals surface area contributed by atoms with Gasteiger partial charge in [0.25, 0.3) is 5.56 Å². The highest BCUT2D eigenvalue weighted by molar-refractivity contribution is 9.10. The Labute approximate surface area is 124 Å². The zero-order chi connectivity index (χ0) is 15.8. The number of hydrogen-bond acceptors (Lipinski definition) is 4. The second kappa shape index (κ2) is 5.47. The average molecular weight is 365 g/mol. The van der Waals surface area contributed by atoms with E-state index in [0.29, 0.717) is 0 Å². The van der Waals surface area contributed by atoms with E-state index in [0.717, 1.165) is 6.07 Å². The Balaban J connectivity index is 2.80. The van der Waals surface area contributed by atoms with Gasteiger partial charge < -0.3 is 9.72 Å². The Bertz CT molecular complexity index is 771. The molecule has 0 fully saturated rings. The Morgan fingerprint density at radius 3 is 2.67 bits per heavy atom. The van der Waals surface area contributed by atoms with E-state index >= 15 is 0 Å². The number of ether oxygens (including phenoxy) is 1. The molecule has 0 aliphatic heterocycles. The van der Waals surface area contributed by atoms with E-state index in [1.807, 2.05) is 0 Å². The molecule has 0 saturated heterocycles. The molecule has 5 nitrogen and oxygen atoms in total. The van der Waals surface area contributed by atoms with Gasteiger partial charge >= 0.3 is 12.1 Å². The fourth-order valence-electron chi connectivity index (χ4n) is 1.72. The van der Waals surface area contributed by atoms with Gasteiger partial charge in [-0.3, -0.25) is 4.79 Å². The summed E-state index contributed by atoms with van der Waals surface area (Å²) in [6, 6.07) is 2.00. The number of rotatable bonds is 2. The first-order valence-electron chi connectivity index (χ1n) is 5.72. The van der Waals surface area contributed by atoms with E-state index in [1.165, 1.54) is 13.0 Å². The number of H-pyrrole nitrogens is 1. The van der Waals surface area contributed by atoms with Gasteiger partial charge in [-0.1, -0.05) is 15.9 Å². The summed E-state index contributed by atoms with van der Waals surface area (Å²) in [5.41, 5.74) is -2.56. The van der Waals surface area contributed by atoms with Crippen LogP contribution in [0.1, 0.15) is 23.1 Å². The van der Waals surface area contributed by atoms with Crippen molar-refractivity contribution in [3.05, 3.63) is 38.3 Å². The van der Waals surface area contributed by atoms with E-state index in [1.54, 1.807) is 0 Å². The summed E-state index contributed by atoms with van der Waals surface area (Å²) in [4.78, 5) is 29.1. The molecule has 0 unspecified atom stereocenters. The minimum absolute atomic E-state index is 0.00699. The number of carbonyl (C=O) groups excluding carboxylic acids is 1. The summed E-state index contributed by atoms with van der Waals surface area (Å²) in [6.07, 6.45) is -4.71. The molecule has 0 bridgehead atoms. The number of hydrogen-bond donors (Lipinski definition) is 1. The quantitative estimate of drug-likeness (QED) is 0.831. The van der Waals surface area contributed by atoms with E-state index in [2.05, 4.69) is 30.6 Å². The van der Waals surface area contributed by atoms with Gasteiger partial charge in [-0.05, 0) is 19.1 Å². The fourth-order valence-corrected chi connectivity index (χ4v) is 2.18. The molecule has 1 aromatic carbocycles. The first kappa shape index (κ1) is 15.5. The number of aromatic amines is 1. The number of alkyl halides is 3. The molecule has 0 amide bonds. The normalized spacial score (nSPS) is 11.7. The van der Waals surface area contributed by atoms with Crippen LogP contribution in [0.25, 0.3) is 10.9 Å². The van der Waals surface area contributed by atoms with Crippen LogP contribution in [0.4, 0.5) is 13.2 Å². The third kappa shape index (κ3) is 3.07. The SMILES string of the molecule is CCOC(=O)c1nc2c(C(F)(F)F)cc(Br)cc2c(=O)[nH]1. The van der Waals surface area contributed by atoms with Crippen molar-refractivity contribution < 1.29 is 22.7 Å². The Hall–Kier alpha value is -1.90. The maximum Gasteiger partial charge on any atom is 0.418 e. The molecule has 0 radical (unpaired) electrons. The fraction of sp³-hybridized carbons (Fsp3) is 0.250. The van der Waals surface area contributed by atoms with Crippen LogP contribution in [-0.4, -0.2) is 22.5 Å². The molecular weight excluding hydrogens is 357 g/mol. The summed E-state index contributed by atoms with van der Waals surface area (Å²) < 4.78 is 43.8. The number of carbonyl (C=O) groups is 1. The molecule has 112 valence electrons. The minimum atomic E-state index is -4.71. The highest BCUT2D eigenvalue weighted by atomic mass is 79.9. The second-order valence-corrected chi connectivity index (χ2v) is 4.90. The largest absolute Gasteiger partial charge is 0.460 e. The zero-order valence-corrected chi connectivity index (χ0v) is 12.1. The molecule has 0 atom stereocenters. The van der Waals surface area contributed by atoms with Crippen molar-refractivity contribution in [2.45, 2.75) is 13.1 Å². The molecule has 0 aliphatic carbocycles. The van der Waals surface area contributed by atoms with Gasteiger partial charge in [0.15, 0.2) is 0 Å². The maximum absolute atomic E-state index is 13.0. The molecule has 1 heterocycles. The van der Waals surface area contributed by atoms with Crippen molar-refractivity contribution in [1.82, 2.24) is 9.97 Å². The number of fused-ring (bicyclic) bond motifs is 1. The minimum Gasteiger partial charge on any atom is -0.460 e. The Morgan fingerprint density at radius 2 is 2.10 bits per heavy atom. The molecular formula is C12H8BrF3N2O3. The van der Waals surface area contributed by atoms with E-state index < -0.39 is 34.6 Å². The van der Waals surface area contributed by atoms with Crippen LogP contribution < -0.4 is 5.56 Å². The molecule has 2 rings (SSSR count). The third-order valence-corrected chi connectivity index (χ3v) is 3.01. The van der Waals surface area contributed by atoms with Crippen molar-refractivity contribution in [2.24, 2.45) is 0 Å². The van der Waals surface area contributed by atoms with Gasteiger partial charge in [0, 0.05) is 4.47 Å². The predicted octanol–water partition coefficient (Wildman–Crippen LogP) is 2.88. The molecule has 1 aromatic heterocycles. The summed E-state index contributed by atoms with van der Waals surface area (Å²) in [5, 5.41) is -0.273. The van der Waals surface area contributed by atoms with Gasteiger partial charge in [0.2, 0.25) is 5.82 Å². The summed E-state index contributed by atoms with van der Waals surface area (Å²) in [7, 11) is 0. The standard InChI is InChI=1S/C12H8BrF3N2O3/c1-2-21-11(20)9-17-8-6(10(19)18-9)3-5(13)4-7(8)12(14,15)16/h3-4H,2H2,1H3,(H,17,18,19). The topological polar surface area (TPSA) is 72.0 Å². The zero-order valence-electron chi connectivity index (χ0n) is 10.5. The van der Waals surface area contributed by atoms with Crippen molar-refractivity contribution in [3.8, 4) is 0 Å². The lowest BCUT2D eigenvalue weighted by Gasteiger charge is -2.11. The third-order valence-electron chi connectivity index (χ3n) is 2.55. The number of nitrogens with one attached hydrogen (secondary N) is 1. The smallest absolute Gasteiger partial charge is 0.418 e. The van der Waals surface area contributed by atoms with Crippen LogP contribution in [0.5, 0.6) is 0 Å². The van der Waals surface area contributed by atoms with E-state index in [-0.39, 0.29) is 16.5 Å².